The van der Waals surface area contributed by atoms with Crippen LogP contribution in [0.2, 0.25) is 0 Å². The lowest BCUT2D eigenvalue weighted by molar-refractivity contribution is 0.317. The third kappa shape index (κ3) is 4.35. The Balaban J connectivity index is 1.77. The van der Waals surface area contributed by atoms with Crippen molar-refractivity contribution in [3.05, 3.63) is 42.0 Å². The summed E-state index contributed by atoms with van der Waals surface area (Å²) in [7, 11) is 1.94. The van der Waals surface area contributed by atoms with E-state index in [2.05, 4.69) is 29.2 Å². The van der Waals surface area contributed by atoms with Crippen molar-refractivity contribution in [1.29, 1.82) is 0 Å². The Morgan fingerprint density at radius 3 is 2.75 bits per heavy atom. The van der Waals surface area contributed by atoms with E-state index < -0.39 is 0 Å². The molecular formula is C15H22N4O. The Morgan fingerprint density at radius 1 is 1.30 bits per heavy atom. The first-order chi connectivity index (χ1) is 9.65. The summed E-state index contributed by atoms with van der Waals surface area (Å²) in [6, 6.07) is 6.43. The fourth-order valence-corrected chi connectivity index (χ4v) is 1.83. The summed E-state index contributed by atoms with van der Waals surface area (Å²) in [5.41, 5.74) is 2.19. The van der Waals surface area contributed by atoms with Crippen molar-refractivity contribution < 1.29 is 4.74 Å². The van der Waals surface area contributed by atoms with E-state index in [1.807, 2.05) is 29.9 Å². The third-order valence-corrected chi connectivity index (χ3v) is 3.04. The SMILES string of the molecule is CC(C)NCc1ccc(OCCc2ccnn2C)cn1. The van der Waals surface area contributed by atoms with Crippen molar-refractivity contribution in [2.45, 2.75) is 32.9 Å². The molecule has 0 saturated carbocycles. The first-order valence-electron chi connectivity index (χ1n) is 6.93. The van der Waals surface area contributed by atoms with Gasteiger partial charge in [-0.05, 0) is 18.2 Å². The summed E-state index contributed by atoms with van der Waals surface area (Å²) in [5, 5.41) is 7.47. The molecule has 0 aliphatic carbocycles. The average Bonchev–Trinajstić information content (AvgIpc) is 2.83. The number of rotatable bonds is 7. The van der Waals surface area contributed by atoms with E-state index in [1.165, 1.54) is 0 Å². The van der Waals surface area contributed by atoms with Gasteiger partial charge in [-0.1, -0.05) is 13.8 Å². The number of aryl methyl sites for hydroxylation is 1. The second-order valence-electron chi connectivity index (χ2n) is 5.07. The minimum atomic E-state index is 0.464. The topological polar surface area (TPSA) is 52.0 Å². The molecule has 5 heteroatoms. The fourth-order valence-electron chi connectivity index (χ4n) is 1.83. The molecule has 0 amide bonds. The zero-order chi connectivity index (χ0) is 14.4. The van der Waals surface area contributed by atoms with E-state index in [9.17, 15) is 0 Å². The van der Waals surface area contributed by atoms with Gasteiger partial charge >= 0.3 is 0 Å². The molecule has 0 atom stereocenters. The number of nitrogens with one attached hydrogen (secondary N) is 1. The Kier molecular flexibility index (Phi) is 5.12. The molecular weight excluding hydrogens is 252 g/mol. The maximum atomic E-state index is 5.69. The van der Waals surface area contributed by atoms with Crippen molar-refractivity contribution >= 4 is 0 Å². The van der Waals surface area contributed by atoms with Crippen LogP contribution >= 0.6 is 0 Å². The highest BCUT2D eigenvalue weighted by Crippen LogP contribution is 2.10. The summed E-state index contributed by atoms with van der Waals surface area (Å²) < 4.78 is 7.55. The molecule has 0 unspecified atom stereocenters. The monoisotopic (exact) mass is 274 g/mol. The number of ether oxygens (including phenoxy) is 1. The molecule has 2 rings (SSSR count). The maximum absolute atomic E-state index is 5.69. The van der Waals surface area contributed by atoms with Crippen LogP contribution in [0.4, 0.5) is 0 Å². The molecule has 0 aromatic carbocycles. The summed E-state index contributed by atoms with van der Waals surface area (Å²) in [4.78, 5) is 4.38. The lowest BCUT2D eigenvalue weighted by Gasteiger charge is -2.09. The number of aromatic nitrogens is 3. The van der Waals surface area contributed by atoms with Gasteiger partial charge in [0.2, 0.25) is 0 Å². The molecule has 108 valence electrons. The van der Waals surface area contributed by atoms with Crippen molar-refractivity contribution in [1.82, 2.24) is 20.1 Å². The van der Waals surface area contributed by atoms with Gasteiger partial charge in [0.05, 0.1) is 18.5 Å². The van der Waals surface area contributed by atoms with E-state index in [4.69, 9.17) is 4.74 Å². The molecule has 20 heavy (non-hydrogen) atoms. The van der Waals surface area contributed by atoms with Crippen LogP contribution in [-0.4, -0.2) is 27.4 Å². The fraction of sp³-hybridized carbons (Fsp3) is 0.467. The van der Waals surface area contributed by atoms with Gasteiger partial charge in [0, 0.05) is 37.9 Å². The predicted octanol–water partition coefficient (Wildman–Crippen LogP) is 1.93. The van der Waals surface area contributed by atoms with Gasteiger partial charge in [0.15, 0.2) is 0 Å². The van der Waals surface area contributed by atoms with Crippen molar-refractivity contribution in [3.63, 3.8) is 0 Å². The Bertz CT molecular complexity index is 519. The van der Waals surface area contributed by atoms with Crippen molar-refractivity contribution in [2.75, 3.05) is 6.61 Å². The van der Waals surface area contributed by atoms with Gasteiger partial charge in [-0.3, -0.25) is 9.67 Å². The van der Waals surface area contributed by atoms with Gasteiger partial charge in [-0.2, -0.15) is 5.10 Å². The Labute approximate surface area is 120 Å². The largest absolute Gasteiger partial charge is 0.492 e. The summed E-state index contributed by atoms with van der Waals surface area (Å²) in [6.07, 6.45) is 4.42. The van der Waals surface area contributed by atoms with Crippen LogP contribution in [0.15, 0.2) is 30.6 Å². The van der Waals surface area contributed by atoms with E-state index in [0.717, 1.165) is 30.1 Å². The molecule has 0 aliphatic rings. The standard InChI is InChI=1S/C15H22N4O/c1-12(2)16-10-13-4-5-15(11-17-13)20-9-7-14-6-8-18-19(14)3/h4-6,8,11-12,16H,7,9-10H2,1-3H3. The van der Waals surface area contributed by atoms with Crippen LogP contribution < -0.4 is 10.1 Å². The van der Waals surface area contributed by atoms with E-state index in [-0.39, 0.29) is 0 Å². The van der Waals surface area contributed by atoms with Crippen molar-refractivity contribution in [3.8, 4) is 5.75 Å². The van der Waals surface area contributed by atoms with Gasteiger partial charge < -0.3 is 10.1 Å². The van der Waals surface area contributed by atoms with Crippen molar-refractivity contribution in [2.24, 2.45) is 7.05 Å². The van der Waals surface area contributed by atoms with Crippen LogP contribution in [0, 0.1) is 0 Å². The summed E-state index contributed by atoms with van der Waals surface area (Å²) in [6.45, 7) is 5.66. The van der Waals surface area contributed by atoms with Gasteiger partial charge in [0.25, 0.3) is 0 Å². The molecule has 5 nitrogen and oxygen atoms in total. The predicted molar refractivity (Wildman–Crippen MR) is 78.6 cm³/mol. The van der Waals surface area contributed by atoms with E-state index in [0.29, 0.717) is 12.6 Å². The van der Waals surface area contributed by atoms with Gasteiger partial charge in [-0.25, -0.2) is 0 Å². The number of hydrogen-bond donors (Lipinski definition) is 1. The van der Waals surface area contributed by atoms with Gasteiger partial charge in [-0.15, -0.1) is 0 Å². The molecule has 0 fully saturated rings. The maximum Gasteiger partial charge on any atom is 0.137 e. The molecule has 2 heterocycles. The number of pyridine rings is 1. The third-order valence-electron chi connectivity index (χ3n) is 3.04. The molecule has 1 N–H and O–H groups in total. The zero-order valence-electron chi connectivity index (χ0n) is 12.3. The second-order valence-corrected chi connectivity index (χ2v) is 5.07. The lowest BCUT2D eigenvalue weighted by atomic mass is 10.3. The highest BCUT2D eigenvalue weighted by atomic mass is 16.5. The van der Waals surface area contributed by atoms with Crippen LogP contribution in [0.1, 0.15) is 25.2 Å². The van der Waals surface area contributed by atoms with E-state index in [1.54, 1.807) is 12.4 Å². The number of nitrogens with zero attached hydrogens (tertiary/aromatic N) is 3. The minimum Gasteiger partial charge on any atom is -0.492 e. The smallest absolute Gasteiger partial charge is 0.137 e. The zero-order valence-corrected chi connectivity index (χ0v) is 12.3. The molecule has 0 bridgehead atoms. The molecule has 0 radical (unpaired) electrons. The Hall–Kier alpha value is -1.88. The van der Waals surface area contributed by atoms with Crippen LogP contribution in [-0.2, 0) is 20.0 Å². The first kappa shape index (κ1) is 14.5. The quantitative estimate of drug-likeness (QED) is 0.838. The molecule has 0 aliphatic heterocycles. The summed E-state index contributed by atoms with van der Waals surface area (Å²) in [5.74, 6) is 0.806. The normalized spacial score (nSPS) is 11.0. The van der Waals surface area contributed by atoms with Crippen LogP contribution in [0.25, 0.3) is 0 Å². The highest BCUT2D eigenvalue weighted by molar-refractivity contribution is 5.20. The lowest BCUT2D eigenvalue weighted by Crippen LogP contribution is -2.22. The molecule has 0 spiro atoms. The first-order valence-corrected chi connectivity index (χ1v) is 6.93. The van der Waals surface area contributed by atoms with Gasteiger partial charge in [0.1, 0.15) is 5.75 Å². The molecule has 2 aromatic rings. The summed E-state index contributed by atoms with van der Waals surface area (Å²) >= 11 is 0. The van der Waals surface area contributed by atoms with Crippen LogP contribution in [0.5, 0.6) is 5.75 Å². The highest BCUT2D eigenvalue weighted by Gasteiger charge is 2.01. The molecule has 2 aromatic heterocycles. The average molecular weight is 274 g/mol. The van der Waals surface area contributed by atoms with E-state index >= 15 is 0 Å². The van der Waals surface area contributed by atoms with Crippen LogP contribution in [0.3, 0.4) is 0 Å². The number of hydrogen-bond acceptors (Lipinski definition) is 4. The molecule has 0 saturated heterocycles. The second kappa shape index (κ2) is 7.05. The Morgan fingerprint density at radius 2 is 2.15 bits per heavy atom. The minimum absolute atomic E-state index is 0.464.